The highest BCUT2D eigenvalue weighted by Crippen LogP contribution is 2.33. The molecular weight excluding hydrogens is 348 g/mol. The minimum absolute atomic E-state index is 0.195. The molecule has 0 radical (unpaired) electrons. The molecule has 0 bridgehead atoms. The van der Waals surface area contributed by atoms with Crippen molar-refractivity contribution >= 4 is 10.9 Å². The van der Waals surface area contributed by atoms with Gasteiger partial charge in [0.1, 0.15) is 12.4 Å². The summed E-state index contributed by atoms with van der Waals surface area (Å²) >= 11 is 0. The molecule has 1 aliphatic rings. The zero-order valence-electron chi connectivity index (χ0n) is 16.3. The van der Waals surface area contributed by atoms with Crippen LogP contribution in [-0.4, -0.2) is 16.2 Å². The Kier molecular flexibility index (Phi) is 4.92. The summed E-state index contributed by atoms with van der Waals surface area (Å²) in [5.41, 5.74) is 3.57. The molecule has 4 rings (SSSR count). The van der Waals surface area contributed by atoms with E-state index in [1.54, 1.807) is 4.57 Å². The number of aromatic nitrogens is 2. The fourth-order valence-corrected chi connectivity index (χ4v) is 3.46. The van der Waals surface area contributed by atoms with Crippen molar-refractivity contribution in [2.24, 2.45) is 5.92 Å². The van der Waals surface area contributed by atoms with Gasteiger partial charge in [0.2, 0.25) is 0 Å². The summed E-state index contributed by atoms with van der Waals surface area (Å²) in [6.45, 7) is 5.26. The third kappa shape index (κ3) is 3.66. The van der Waals surface area contributed by atoms with Crippen LogP contribution in [0, 0.1) is 18.3 Å². The molecule has 1 aliphatic carbocycles. The Balaban J connectivity index is 1.88. The van der Waals surface area contributed by atoms with E-state index < -0.39 is 0 Å². The predicted octanol–water partition coefficient (Wildman–Crippen LogP) is 4.61. The molecule has 0 unspecified atom stereocenters. The van der Waals surface area contributed by atoms with Crippen molar-refractivity contribution in [2.45, 2.75) is 39.2 Å². The van der Waals surface area contributed by atoms with Gasteiger partial charge in [0.25, 0.3) is 0 Å². The molecule has 2 aromatic carbocycles. The van der Waals surface area contributed by atoms with E-state index >= 15 is 0 Å². The van der Waals surface area contributed by atoms with Crippen LogP contribution >= 0.6 is 0 Å². The molecule has 28 heavy (non-hydrogen) atoms. The van der Waals surface area contributed by atoms with Gasteiger partial charge in [-0.05, 0) is 48.4 Å². The number of hydrogen-bond acceptors (Lipinski definition) is 3. The number of fused-ring (bicyclic) bond motifs is 1. The van der Waals surface area contributed by atoms with Gasteiger partial charge < -0.3 is 4.74 Å². The highest BCUT2D eigenvalue weighted by molar-refractivity contribution is 5.93. The summed E-state index contributed by atoms with van der Waals surface area (Å²) in [4.78, 5) is 17.3. The smallest absolute Gasteiger partial charge is 0.348 e. The lowest BCUT2D eigenvalue weighted by Gasteiger charge is -2.14. The van der Waals surface area contributed by atoms with Gasteiger partial charge in [0, 0.05) is 17.5 Å². The molecule has 0 atom stereocenters. The molecule has 0 saturated heterocycles. The molecule has 0 N–H and O–H groups in total. The Hall–Kier alpha value is -3.06. The molecule has 1 fully saturated rings. The zero-order chi connectivity index (χ0) is 19.7. The average Bonchev–Trinajstić information content (AvgIpc) is 3.52. The largest absolute Gasteiger partial charge is 0.481 e. The van der Waals surface area contributed by atoms with E-state index in [9.17, 15) is 4.79 Å². The van der Waals surface area contributed by atoms with E-state index in [1.807, 2.05) is 30.3 Å². The third-order valence-corrected chi connectivity index (χ3v) is 5.26. The molecule has 3 aromatic rings. The Bertz CT molecular complexity index is 1100. The minimum atomic E-state index is -0.195. The van der Waals surface area contributed by atoms with E-state index in [1.165, 1.54) is 18.4 Å². The Morgan fingerprint density at radius 3 is 2.61 bits per heavy atom. The van der Waals surface area contributed by atoms with Crippen LogP contribution in [0.15, 0.2) is 47.3 Å². The van der Waals surface area contributed by atoms with Gasteiger partial charge in [0.15, 0.2) is 0 Å². The van der Waals surface area contributed by atoms with E-state index in [-0.39, 0.29) is 12.3 Å². The van der Waals surface area contributed by atoms with Crippen LogP contribution in [0.4, 0.5) is 0 Å². The van der Waals surface area contributed by atoms with Gasteiger partial charge in [-0.15, -0.1) is 6.42 Å². The van der Waals surface area contributed by atoms with Crippen molar-refractivity contribution in [2.75, 3.05) is 6.61 Å². The lowest BCUT2D eigenvalue weighted by Crippen LogP contribution is -2.25. The van der Waals surface area contributed by atoms with Gasteiger partial charge in [0.05, 0.1) is 11.2 Å². The Morgan fingerprint density at radius 2 is 1.96 bits per heavy atom. The van der Waals surface area contributed by atoms with Crippen LogP contribution < -0.4 is 10.4 Å². The first-order chi connectivity index (χ1) is 13.6. The first kappa shape index (κ1) is 18.3. The van der Waals surface area contributed by atoms with Crippen LogP contribution in [0.5, 0.6) is 5.75 Å². The number of hydrogen-bond donors (Lipinski definition) is 0. The third-order valence-electron chi connectivity index (χ3n) is 5.26. The molecule has 0 aliphatic heterocycles. The molecule has 1 saturated carbocycles. The van der Waals surface area contributed by atoms with Crippen molar-refractivity contribution in [3.8, 4) is 29.4 Å². The fraction of sp³-hybridized carbons (Fsp3) is 0.333. The average molecular weight is 372 g/mol. The van der Waals surface area contributed by atoms with E-state index in [0.29, 0.717) is 23.3 Å². The topological polar surface area (TPSA) is 44.1 Å². The molecule has 142 valence electrons. The first-order valence-corrected chi connectivity index (χ1v) is 9.78. The van der Waals surface area contributed by atoms with Crippen molar-refractivity contribution in [3.05, 3.63) is 58.5 Å². The summed E-state index contributed by atoms with van der Waals surface area (Å²) in [5.74, 6) is 4.21. The first-order valence-electron chi connectivity index (χ1n) is 9.78. The van der Waals surface area contributed by atoms with E-state index in [4.69, 9.17) is 11.2 Å². The number of terminal acetylenes is 1. The lowest BCUT2D eigenvalue weighted by atomic mass is 9.99. The summed E-state index contributed by atoms with van der Waals surface area (Å²) < 4.78 is 7.41. The number of benzene rings is 2. The van der Waals surface area contributed by atoms with Crippen molar-refractivity contribution in [3.63, 3.8) is 0 Å². The Labute approximate surface area is 165 Å². The second-order valence-electron chi connectivity index (χ2n) is 7.75. The lowest BCUT2D eigenvalue weighted by molar-refractivity contribution is 0.371. The maximum absolute atomic E-state index is 12.8. The molecule has 4 nitrogen and oxygen atoms in total. The van der Waals surface area contributed by atoms with Crippen molar-refractivity contribution in [1.82, 2.24) is 9.55 Å². The summed E-state index contributed by atoms with van der Waals surface area (Å²) in [6.07, 6.45) is 7.67. The molecule has 0 amide bonds. The normalized spacial score (nSPS) is 13.6. The van der Waals surface area contributed by atoms with Gasteiger partial charge in [-0.1, -0.05) is 44.0 Å². The monoisotopic (exact) mass is 372 g/mol. The summed E-state index contributed by atoms with van der Waals surface area (Å²) in [7, 11) is 0. The van der Waals surface area contributed by atoms with Crippen LogP contribution in [0.25, 0.3) is 22.2 Å². The minimum Gasteiger partial charge on any atom is -0.481 e. The standard InChI is InChI=1S/C24H24N2O2/c1-4-13-28-20-11-12-22-21(14-20)23(19-9-7-18(8-10-19)16(2)3)25-24(27)26(22)15-17-5-6-17/h1,7-12,14,16-17H,5-6,13,15H2,2-3H3. The molecule has 1 aromatic heterocycles. The van der Waals surface area contributed by atoms with E-state index in [0.717, 1.165) is 23.0 Å². The molecule has 1 heterocycles. The van der Waals surface area contributed by atoms with Gasteiger partial charge in [-0.3, -0.25) is 4.57 Å². The van der Waals surface area contributed by atoms with Crippen LogP contribution in [0.1, 0.15) is 38.2 Å². The number of nitrogens with zero attached hydrogens (tertiary/aromatic N) is 2. The summed E-state index contributed by atoms with van der Waals surface area (Å²) in [5, 5.41) is 0.909. The number of ether oxygens (including phenoxy) is 1. The quantitative estimate of drug-likeness (QED) is 0.594. The summed E-state index contributed by atoms with van der Waals surface area (Å²) in [6, 6.07) is 14.0. The number of rotatable bonds is 6. The predicted molar refractivity (Wildman–Crippen MR) is 113 cm³/mol. The highest BCUT2D eigenvalue weighted by Gasteiger charge is 2.24. The van der Waals surface area contributed by atoms with Crippen molar-refractivity contribution in [1.29, 1.82) is 0 Å². The van der Waals surface area contributed by atoms with Crippen LogP contribution in [-0.2, 0) is 6.54 Å². The van der Waals surface area contributed by atoms with E-state index in [2.05, 4.69) is 36.9 Å². The maximum Gasteiger partial charge on any atom is 0.348 e. The SMILES string of the molecule is C#CCOc1ccc2c(c1)c(-c1ccc(C(C)C)cc1)nc(=O)n2CC1CC1. The maximum atomic E-state index is 12.8. The zero-order valence-corrected chi connectivity index (χ0v) is 16.3. The molecule has 0 spiro atoms. The van der Waals surface area contributed by atoms with Crippen LogP contribution in [0.2, 0.25) is 0 Å². The van der Waals surface area contributed by atoms with Crippen molar-refractivity contribution < 1.29 is 4.74 Å². The molecule has 4 heteroatoms. The van der Waals surface area contributed by atoms with Gasteiger partial charge in [-0.2, -0.15) is 4.98 Å². The second-order valence-corrected chi connectivity index (χ2v) is 7.75. The van der Waals surface area contributed by atoms with Gasteiger partial charge >= 0.3 is 5.69 Å². The van der Waals surface area contributed by atoms with Gasteiger partial charge in [-0.25, -0.2) is 4.79 Å². The second kappa shape index (κ2) is 7.52. The fourth-order valence-electron chi connectivity index (χ4n) is 3.46. The Morgan fingerprint density at radius 1 is 1.21 bits per heavy atom. The van der Waals surface area contributed by atoms with Crippen LogP contribution in [0.3, 0.4) is 0 Å². The highest BCUT2D eigenvalue weighted by atomic mass is 16.5. The molecular formula is C24H24N2O2.